The molecule has 0 saturated heterocycles. The van der Waals surface area contributed by atoms with Crippen molar-refractivity contribution in [2.45, 2.75) is 20.8 Å². The van der Waals surface area contributed by atoms with Crippen LogP contribution in [-0.2, 0) is 0 Å². The third-order valence-corrected chi connectivity index (χ3v) is 2.44. The number of nitrogens with two attached hydrogens (primary N) is 1. The Bertz CT molecular complexity index is 394. The van der Waals surface area contributed by atoms with E-state index < -0.39 is 0 Å². The largest absolute Gasteiger partial charge is 0.396 e. The number of pyridine rings is 1. The maximum absolute atomic E-state index is 8.82. The van der Waals surface area contributed by atoms with Crippen LogP contribution < -0.4 is 10.6 Å². The monoisotopic (exact) mass is 218 g/mol. The van der Waals surface area contributed by atoms with Crippen LogP contribution in [0.3, 0.4) is 0 Å². The number of aryl methyl sites for hydroxylation is 1. The average Bonchev–Trinajstić information content (AvgIpc) is 2.29. The van der Waals surface area contributed by atoms with Crippen molar-refractivity contribution in [2.75, 3.05) is 23.7 Å². The molecular formula is C12H18N4. The van der Waals surface area contributed by atoms with E-state index >= 15 is 0 Å². The molecule has 4 heteroatoms. The van der Waals surface area contributed by atoms with Crippen LogP contribution in [-0.4, -0.2) is 18.1 Å². The molecule has 86 valence electrons. The topological polar surface area (TPSA) is 65.9 Å². The standard InChI is InChI=1S/C12H18N4/c1-4-16(8-9(2)7-13)12-11(14)6-5-10(3)15-12/h5-6,9H,4,8,14H2,1-3H3. The summed E-state index contributed by atoms with van der Waals surface area (Å²) in [6, 6.07) is 5.97. The van der Waals surface area contributed by atoms with Crippen LogP contribution in [0.2, 0.25) is 0 Å². The minimum atomic E-state index is -0.0262. The smallest absolute Gasteiger partial charge is 0.152 e. The van der Waals surface area contributed by atoms with Crippen LogP contribution in [0.25, 0.3) is 0 Å². The summed E-state index contributed by atoms with van der Waals surface area (Å²) in [5, 5.41) is 8.82. The molecule has 0 aromatic carbocycles. The summed E-state index contributed by atoms with van der Waals surface area (Å²) in [5.41, 5.74) is 7.50. The van der Waals surface area contributed by atoms with Gasteiger partial charge in [-0.1, -0.05) is 0 Å². The molecule has 0 fully saturated rings. The second kappa shape index (κ2) is 5.36. The van der Waals surface area contributed by atoms with Gasteiger partial charge in [-0.05, 0) is 32.9 Å². The summed E-state index contributed by atoms with van der Waals surface area (Å²) in [4.78, 5) is 6.46. The molecule has 0 saturated carbocycles. The normalized spacial score (nSPS) is 11.9. The van der Waals surface area contributed by atoms with E-state index in [2.05, 4.69) is 11.1 Å². The number of nitrogens with zero attached hydrogens (tertiary/aromatic N) is 3. The summed E-state index contributed by atoms with van der Waals surface area (Å²) in [6.45, 7) is 7.33. The number of hydrogen-bond donors (Lipinski definition) is 1. The highest BCUT2D eigenvalue weighted by Gasteiger charge is 2.13. The first-order valence-corrected chi connectivity index (χ1v) is 5.46. The van der Waals surface area contributed by atoms with Gasteiger partial charge in [-0.3, -0.25) is 0 Å². The number of aromatic nitrogens is 1. The summed E-state index contributed by atoms with van der Waals surface area (Å²) >= 11 is 0. The Morgan fingerprint density at radius 3 is 2.81 bits per heavy atom. The second-order valence-corrected chi connectivity index (χ2v) is 3.93. The van der Waals surface area contributed by atoms with E-state index in [-0.39, 0.29) is 5.92 Å². The molecule has 16 heavy (non-hydrogen) atoms. The first-order chi connectivity index (χ1) is 7.58. The fourth-order valence-electron chi connectivity index (χ4n) is 1.54. The van der Waals surface area contributed by atoms with Crippen molar-refractivity contribution in [1.82, 2.24) is 4.98 Å². The third-order valence-electron chi connectivity index (χ3n) is 2.44. The van der Waals surface area contributed by atoms with Crippen molar-refractivity contribution in [3.05, 3.63) is 17.8 Å². The van der Waals surface area contributed by atoms with E-state index in [4.69, 9.17) is 11.0 Å². The van der Waals surface area contributed by atoms with Gasteiger partial charge in [0.15, 0.2) is 5.82 Å². The van der Waals surface area contributed by atoms with Crippen LogP contribution in [0.4, 0.5) is 11.5 Å². The SMILES string of the molecule is CCN(CC(C)C#N)c1nc(C)ccc1N. The van der Waals surface area contributed by atoms with Crippen molar-refractivity contribution in [2.24, 2.45) is 5.92 Å². The minimum absolute atomic E-state index is 0.0262. The Labute approximate surface area is 96.7 Å². The predicted molar refractivity (Wildman–Crippen MR) is 66.1 cm³/mol. The Kier molecular flexibility index (Phi) is 4.12. The first kappa shape index (κ1) is 12.3. The molecule has 0 bridgehead atoms. The lowest BCUT2D eigenvalue weighted by molar-refractivity contribution is 0.679. The molecule has 1 rings (SSSR count). The van der Waals surface area contributed by atoms with Crippen LogP contribution in [0, 0.1) is 24.2 Å². The second-order valence-electron chi connectivity index (χ2n) is 3.93. The highest BCUT2D eigenvalue weighted by molar-refractivity contribution is 5.62. The number of hydrogen-bond acceptors (Lipinski definition) is 4. The van der Waals surface area contributed by atoms with E-state index in [0.29, 0.717) is 12.2 Å². The zero-order valence-corrected chi connectivity index (χ0v) is 10.1. The van der Waals surface area contributed by atoms with Crippen LogP contribution >= 0.6 is 0 Å². The maximum Gasteiger partial charge on any atom is 0.152 e. The molecule has 1 aromatic heterocycles. The van der Waals surface area contributed by atoms with Crippen molar-refractivity contribution in [3.8, 4) is 6.07 Å². The van der Waals surface area contributed by atoms with Gasteiger partial charge in [-0.15, -0.1) is 0 Å². The van der Waals surface area contributed by atoms with E-state index in [1.54, 1.807) is 0 Å². The van der Waals surface area contributed by atoms with E-state index in [1.165, 1.54) is 0 Å². The summed E-state index contributed by atoms with van der Waals surface area (Å²) in [6.07, 6.45) is 0. The maximum atomic E-state index is 8.82. The lowest BCUT2D eigenvalue weighted by Gasteiger charge is -2.24. The van der Waals surface area contributed by atoms with Gasteiger partial charge in [-0.25, -0.2) is 4.98 Å². The predicted octanol–water partition coefficient (Wildman–Crippen LogP) is 1.96. The lowest BCUT2D eigenvalue weighted by atomic mass is 10.2. The van der Waals surface area contributed by atoms with Crippen LogP contribution in [0.1, 0.15) is 19.5 Å². The molecule has 1 unspecified atom stereocenters. The van der Waals surface area contributed by atoms with E-state index in [0.717, 1.165) is 18.1 Å². The van der Waals surface area contributed by atoms with Gasteiger partial charge in [0.05, 0.1) is 17.7 Å². The Morgan fingerprint density at radius 2 is 2.25 bits per heavy atom. The quantitative estimate of drug-likeness (QED) is 0.839. The minimum Gasteiger partial charge on any atom is -0.396 e. The van der Waals surface area contributed by atoms with Gasteiger partial charge in [0, 0.05) is 18.8 Å². The van der Waals surface area contributed by atoms with Gasteiger partial charge < -0.3 is 10.6 Å². The molecule has 0 aliphatic carbocycles. The van der Waals surface area contributed by atoms with Gasteiger partial charge in [-0.2, -0.15) is 5.26 Å². The number of anilines is 2. The number of nitrogen functional groups attached to an aromatic ring is 1. The fraction of sp³-hybridized carbons (Fsp3) is 0.500. The summed E-state index contributed by atoms with van der Waals surface area (Å²) < 4.78 is 0. The Balaban J connectivity index is 2.95. The first-order valence-electron chi connectivity index (χ1n) is 5.46. The van der Waals surface area contributed by atoms with Gasteiger partial charge in [0.25, 0.3) is 0 Å². The average molecular weight is 218 g/mol. The molecule has 1 heterocycles. The molecule has 1 aromatic rings. The summed E-state index contributed by atoms with van der Waals surface area (Å²) in [5.74, 6) is 0.756. The number of rotatable bonds is 4. The van der Waals surface area contributed by atoms with Crippen molar-refractivity contribution in [1.29, 1.82) is 5.26 Å². The molecule has 2 N–H and O–H groups in total. The van der Waals surface area contributed by atoms with Crippen molar-refractivity contribution in [3.63, 3.8) is 0 Å². The molecule has 4 nitrogen and oxygen atoms in total. The Hall–Kier alpha value is -1.76. The van der Waals surface area contributed by atoms with E-state index in [1.807, 2.05) is 37.8 Å². The molecule has 1 atom stereocenters. The zero-order chi connectivity index (χ0) is 12.1. The highest BCUT2D eigenvalue weighted by atomic mass is 15.2. The van der Waals surface area contributed by atoms with Crippen molar-refractivity contribution >= 4 is 11.5 Å². The zero-order valence-electron chi connectivity index (χ0n) is 10.1. The molecular weight excluding hydrogens is 200 g/mol. The molecule has 0 aliphatic heterocycles. The highest BCUT2D eigenvalue weighted by Crippen LogP contribution is 2.21. The lowest BCUT2D eigenvalue weighted by Crippen LogP contribution is -2.29. The molecule has 0 radical (unpaired) electrons. The summed E-state index contributed by atoms with van der Waals surface area (Å²) in [7, 11) is 0. The third kappa shape index (κ3) is 2.86. The Morgan fingerprint density at radius 1 is 1.56 bits per heavy atom. The van der Waals surface area contributed by atoms with Gasteiger partial charge in [0.2, 0.25) is 0 Å². The number of nitriles is 1. The van der Waals surface area contributed by atoms with Gasteiger partial charge in [0.1, 0.15) is 0 Å². The van der Waals surface area contributed by atoms with Gasteiger partial charge >= 0.3 is 0 Å². The van der Waals surface area contributed by atoms with Crippen molar-refractivity contribution < 1.29 is 0 Å². The molecule has 0 spiro atoms. The molecule has 0 amide bonds. The van der Waals surface area contributed by atoms with E-state index in [9.17, 15) is 0 Å². The fourth-order valence-corrected chi connectivity index (χ4v) is 1.54. The van der Waals surface area contributed by atoms with Crippen LogP contribution in [0.5, 0.6) is 0 Å². The molecule has 0 aliphatic rings. The van der Waals surface area contributed by atoms with Crippen LogP contribution in [0.15, 0.2) is 12.1 Å².